The molecule has 0 spiro atoms. The molecule has 1 fully saturated rings. The first-order valence-electron chi connectivity index (χ1n) is 9.01. The van der Waals surface area contributed by atoms with Crippen LogP contribution in [-0.4, -0.2) is 29.9 Å². The van der Waals surface area contributed by atoms with Crippen LogP contribution in [0.5, 0.6) is 0 Å². The minimum Gasteiger partial charge on any atom is -0.447 e. The Morgan fingerprint density at radius 2 is 2.00 bits per heavy atom. The summed E-state index contributed by atoms with van der Waals surface area (Å²) in [6.45, 7) is 1.90. The number of fused-ring (bicyclic) bond motifs is 1. The van der Waals surface area contributed by atoms with E-state index in [2.05, 4.69) is 58.5 Å². The Morgan fingerprint density at radius 3 is 2.73 bits per heavy atom. The average Bonchev–Trinajstić information content (AvgIpc) is 3.20. The van der Waals surface area contributed by atoms with E-state index in [1.165, 1.54) is 27.6 Å². The number of carbonyl (C=O) groups is 1. The molecular formula is C21H23N3O2. The number of carbonyl (C=O) groups excluding carboxylic acids is 1. The van der Waals surface area contributed by atoms with E-state index in [9.17, 15) is 4.79 Å². The van der Waals surface area contributed by atoms with Gasteiger partial charge >= 0.3 is 6.09 Å². The molecule has 2 aromatic carbocycles. The van der Waals surface area contributed by atoms with Crippen molar-refractivity contribution in [3.05, 3.63) is 71.4 Å². The number of cyclic esters (lactones) is 1. The Kier molecular flexibility index (Phi) is 4.63. The van der Waals surface area contributed by atoms with Crippen molar-refractivity contribution in [3.63, 3.8) is 0 Å². The van der Waals surface area contributed by atoms with Gasteiger partial charge in [-0.05, 0) is 48.2 Å². The third-order valence-corrected chi connectivity index (χ3v) is 4.86. The van der Waals surface area contributed by atoms with Crippen molar-refractivity contribution >= 4 is 17.0 Å². The van der Waals surface area contributed by atoms with Crippen LogP contribution in [0.4, 0.5) is 4.79 Å². The van der Waals surface area contributed by atoms with Crippen molar-refractivity contribution < 1.29 is 9.53 Å². The zero-order chi connectivity index (χ0) is 17.9. The summed E-state index contributed by atoms with van der Waals surface area (Å²) in [5.74, 6) is 0. The fraction of sp³-hybridized carbons (Fsp3) is 0.286. The lowest BCUT2D eigenvalue weighted by Gasteiger charge is -2.09. The largest absolute Gasteiger partial charge is 0.447 e. The van der Waals surface area contributed by atoms with Crippen LogP contribution in [0, 0.1) is 0 Å². The van der Waals surface area contributed by atoms with E-state index in [-0.39, 0.29) is 12.1 Å². The molecule has 4 rings (SSSR count). The van der Waals surface area contributed by atoms with Gasteiger partial charge in [0.05, 0.1) is 6.04 Å². The predicted octanol–water partition coefficient (Wildman–Crippen LogP) is 2.84. The normalized spacial score (nSPS) is 16.7. The van der Waals surface area contributed by atoms with Crippen LogP contribution in [0.2, 0.25) is 0 Å². The number of nitrogens with zero attached hydrogens (tertiary/aromatic N) is 1. The number of alkyl carbamates (subject to hydrolysis) is 1. The van der Waals surface area contributed by atoms with Gasteiger partial charge in [-0.1, -0.05) is 36.4 Å². The van der Waals surface area contributed by atoms with Crippen LogP contribution in [0.15, 0.2) is 54.7 Å². The maximum atomic E-state index is 11.2. The number of benzene rings is 2. The van der Waals surface area contributed by atoms with Gasteiger partial charge in [0.1, 0.15) is 6.61 Å². The van der Waals surface area contributed by atoms with Gasteiger partial charge in [0.2, 0.25) is 0 Å². The number of amides is 1. The predicted molar refractivity (Wildman–Crippen MR) is 102 cm³/mol. The minimum absolute atomic E-state index is 0.0457. The lowest BCUT2D eigenvalue weighted by Crippen LogP contribution is -2.28. The Balaban J connectivity index is 1.65. The Morgan fingerprint density at radius 1 is 1.15 bits per heavy atom. The second kappa shape index (κ2) is 7.22. The number of nitrogens with two attached hydrogens (primary N) is 1. The third-order valence-electron chi connectivity index (χ3n) is 4.86. The summed E-state index contributed by atoms with van der Waals surface area (Å²) in [6.07, 6.45) is 3.52. The lowest BCUT2D eigenvalue weighted by molar-refractivity contribution is 0.177. The Bertz CT molecular complexity index is 918. The van der Waals surface area contributed by atoms with E-state index >= 15 is 0 Å². The maximum absolute atomic E-state index is 11.2. The van der Waals surface area contributed by atoms with Crippen molar-refractivity contribution in [2.24, 2.45) is 5.73 Å². The van der Waals surface area contributed by atoms with Crippen LogP contribution < -0.4 is 11.1 Å². The van der Waals surface area contributed by atoms with E-state index < -0.39 is 0 Å². The van der Waals surface area contributed by atoms with Gasteiger partial charge in [-0.2, -0.15) is 0 Å². The summed E-state index contributed by atoms with van der Waals surface area (Å²) in [7, 11) is 0. The second-order valence-corrected chi connectivity index (χ2v) is 6.80. The van der Waals surface area contributed by atoms with Crippen molar-refractivity contribution in [2.75, 3.05) is 13.2 Å². The highest BCUT2D eigenvalue weighted by Crippen LogP contribution is 2.25. The fourth-order valence-electron chi connectivity index (χ4n) is 3.63. The van der Waals surface area contributed by atoms with Gasteiger partial charge in [-0.25, -0.2) is 4.79 Å². The first kappa shape index (κ1) is 16.7. The number of hydrogen-bond acceptors (Lipinski definition) is 3. The standard InChI is InChI=1S/C21H23N3O2/c22-9-8-17-13-24(12-15-4-2-1-3-5-15)20-7-6-16(11-19(17)20)10-18-14-26-21(25)23-18/h1-7,11,13,18H,8-10,12,14,22H2,(H,23,25). The smallest absolute Gasteiger partial charge is 0.407 e. The molecule has 1 aromatic heterocycles. The van der Waals surface area contributed by atoms with Crippen LogP contribution in [-0.2, 0) is 24.1 Å². The summed E-state index contributed by atoms with van der Waals surface area (Å²) in [4.78, 5) is 11.2. The van der Waals surface area contributed by atoms with Crippen LogP contribution in [0.1, 0.15) is 16.7 Å². The summed E-state index contributed by atoms with van der Waals surface area (Å²) >= 11 is 0. The molecule has 5 nitrogen and oxygen atoms in total. The van der Waals surface area contributed by atoms with Crippen molar-refractivity contribution in [1.29, 1.82) is 0 Å². The van der Waals surface area contributed by atoms with Crippen molar-refractivity contribution in [2.45, 2.75) is 25.4 Å². The molecule has 1 aliphatic heterocycles. The highest BCUT2D eigenvalue weighted by molar-refractivity contribution is 5.85. The topological polar surface area (TPSA) is 69.3 Å². The molecule has 0 saturated carbocycles. The lowest BCUT2D eigenvalue weighted by atomic mass is 10.0. The molecule has 134 valence electrons. The van der Waals surface area contributed by atoms with Crippen LogP contribution in [0.3, 0.4) is 0 Å². The molecule has 1 aliphatic rings. The number of ether oxygens (including phenoxy) is 1. The van der Waals surface area contributed by atoms with Gasteiger partial charge in [-0.3, -0.25) is 0 Å². The van der Waals surface area contributed by atoms with E-state index in [1.807, 2.05) is 6.07 Å². The molecule has 26 heavy (non-hydrogen) atoms. The van der Waals surface area contributed by atoms with Gasteiger partial charge in [0.25, 0.3) is 0 Å². The molecule has 1 unspecified atom stereocenters. The third kappa shape index (κ3) is 3.44. The molecule has 3 N–H and O–H groups in total. The molecule has 1 amide bonds. The first-order chi connectivity index (χ1) is 12.7. The SMILES string of the molecule is NCCc1cn(Cc2ccccc2)c2ccc(CC3COC(=O)N3)cc12. The molecule has 3 aromatic rings. The summed E-state index contributed by atoms with van der Waals surface area (Å²) in [6, 6.07) is 17.0. The highest BCUT2D eigenvalue weighted by atomic mass is 16.6. The van der Waals surface area contributed by atoms with Gasteiger partial charge in [-0.15, -0.1) is 0 Å². The molecular weight excluding hydrogens is 326 g/mol. The monoisotopic (exact) mass is 349 g/mol. The molecule has 0 radical (unpaired) electrons. The van der Waals surface area contributed by atoms with E-state index in [0.717, 1.165) is 19.4 Å². The summed E-state index contributed by atoms with van der Waals surface area (Å²) < 4.78 is 7.28. The minimum atomic E-state index is -0.325. The van der Waals surface area contributed by atoms with Gasteiger partial charge in [0, 0.05) is 23.6 Å². The molecule has 0 aliphatic carbocycles. The summed E-state index contributed by atoms with van der Waals surface area (Å²) in [5, 5.41) is 4.09. The average molecular weight is 349 g/mol. The fourth-order valence-corrected chi connectivity index (χ4v) is 3.63. The molecule has 1 atom stereocenters. The second-order valence-electron chi connectivity index (χ2n) is 6.80. The number of rotatable bonds is 6. The van der Waals surface area contributed by atoms with Gasteiger partial charge in [0.15, 0.2) is 0 Å². The Hall–Kier alpha value is -2.79. The number of nitrogens with one attached hydrogen (secondary N) is 1. The van der Waals surface area contributed by atoms with Gasteiger partial charge < -0.3 is 20.4 Å². The van der Waals surface area contributed by atoms with E-state index in [1.54, 1.807) is 0 Å². The van der Waals surface area contributed by atoms with E-state index in [0.29, 0.717) is 13.2 Å². The van der Waals surface area contributed by atoms with Crippen LogP contribution >= 0.6 is 0 Å². The van der Waals surface area contributed by atoms with E-state index in [4.69, 9.17) is 10.5 Å². The zero-order valence-corrected chi connectivity index (χ0v) is 14.7. The zero-order valence-electron chi connectivity index (χ0n) is 14.7. The maximum Gasteiger partial charge on any atom is 0.407 e. The number of hydrogen-bond donors (Lipinski definition) is 2. The number of aromatic nitrogens is 1. The highest BCUT2D eigenvalue weighted by Gasteiger charge is 2.22. The Labute approximate surface area is 152 Å². The molecule has 2 heterocycles. The van der Waals surface area contributed by atoms with Crippen molar-refractivity contribution in [1.82, 2.24) is 9.88 Å². The summed E-state index contributed by atoms with van der Waals surface area (Å²) in [5.41, 5.74) is 10.8. The quantitative estimate of drug-likeness (QED) is 0.719. The molecule has 0 bridgehead atoms. The van der Waals surface area contributed by atoms with Crippen molar-refractivity contribution in [3.8, 4) is 0 Å². The molecule has 1 saturated heterocycles. The molecule has 5 heteroatoms. The first-order valence-corrected chi connectivity index (χ1v) is 9.01. The van der Waals surface area contributed by atoms with Crippen LogP contribution in [0.25, 0.3) is 10.9 Å².